The van der Waals surface area contributed by atoms with Gasteiger partial charge in [-0.3, -0.25) is 14.5 Å². The number of anilines is 1. The molecule has 34 heavy (non-hydrogen) atoms. The van der Waals surface area contributed by atoms with Gasteiger partial charge in [-0.15, -0.1) is 11.3 Å². The number of para-hydroxylation sites is 1. The lowest BCUT2D eigenvalue weighted by molar-refractivity contribution is -0.133. The first-order chi connectivity index (χ1) is 16.2. The number of nitrogens with two attached hydrogens (primary N) is 1. The van der Waals surface area contributed by atoms with E-state index in [0.29, 0.717) is 46.5 Å². The number of thiophene rings is 1. The summed E-state index contributed by atoms with van der Waals surface area (Å²) in [4.78, 5) is 33.6. The summed E-state index contributed by atoms with van der Waals surface area (Å²) in [5, 5.41) is 12.0. The maximum atomic E-state index is 13.6. The summed E-state index contributed by atoms with van der Waals surface area (Å²) in [5.41, 5.74) is 6.24. The molecule has 1 aromatic carbocycles. The molecule has 3 aromatic rings. The summed E-state index contributed by atoms with van der Waals surface area (Å²) in [6.07, 6.45) is 2.15. The topological polar surface area (TPSA) is 122 Å². The van der Waals surface area contributed by atoms with Crippen LogP contribution in [0.4, 0.5) is 5.00 Å². The number of ether oxygens (including phenoxy) is 1. The summed E-state index contributed by atoms with van der Waals surface area (Å²) in [5.74, 6) is -0.0267. The van der Waals surface area contributed by atoms with Crippen LogP contribution < -0.4 is 15.4 Å². The lowest BCUT2D eigenvalue weighted by Crippen LogP contribution is -2.66. The quantitative estimate of drug-likeness (QED) is 0.504. The van der Waals surface area contributed by atoms with Crippen molar-refractivity contribution in [1.29, 1.82) is 0 Å². The van der Waals surface area contributed by atoms with Crippen molar-refractivity contribution >= 4 is 28.2 Å². The molecule has 0 bridgehead atoms. The fourth-order valence-electron chi connectivity index (χ4n) is 4.09. The van der Waals surface area contributed by atoms with Gasteiger partial charge in [0, 0.05) is 6.54 Å². The van der Waals surface area contributed by atoms with Crippen LogP contribution in [0.3, 0.4) is 0 Å². The predicted molar refractivity (Wildman–Crippen MR) is 129 cm³/mol. The molecule has 4 rings (SSSR count). The molecule has 180 valence electrons. The van der Waals surface area contributed by atoms with E-state index in [4.69, 9.17) is 14.9 Å². The number of hydrogen-bond donors (Lipinski definition) is 2. The molecule has 3 N–H and O–H groups in total. The number of nitrogens with zero attached hydrogens (tertiary/aromatic N) is 3. The molecule has 3 heterocycles. The van der Waals surface area contributed by atoms with E-state index in [1.807, 2.05) is 38.1 Å². The molecule has 1 unspecified atom stereocenters. The zero-order valence-corrected chi connectivity index (χ0v) is 20.4. The number of aromatic nitrogens is 1. The van der Waals surface area contributed by atoms with E-state index in [2.05, 4.69) is 4.98 Å². The zero-order valence-electron chi connectivity index (χ0n) is 19.6. The lowest BCUT2D eigenvalue weighted by atomic mass is 9.97. The van der Waals surface area contributed by atoms with E-state index in [-0.39, 0.29) is 0 Å². The Kier molecular flexibility index (Phi) is 6.37. The van der Waals surface area contributed by atoms with E-state index in [1.165, 1.54) is 37.6 Å². The second-order valence-corrected chi connectivity index (χ2v) is 9.50. The Balaban J connectivity index is 1.79. The number of carbonyl (C=O) groups excluding carboxylic acids is 2. The number of benzene rings is 1. The monoisotopic (exact) mass is 484 g/mol. The number of fused-ring (bicyclic) bond motifs is 1. The third-order valence-electron chi connectivity index (χ3n) is 6.06. The smallest absolute Gasteiger partial charge is 0.261 e. The Morgan fingerprint density at radius 2 is 2.09 bits per heavy atom. The summed E-state index contributed by atoms with van der Waals surface area (Å²) in [6, 6.07) is 7.70. The number of aliphatic hydroxyl groups is 1. The molecule has 0 saturated heterocycles. The van der Waals surface area contributed by atoms with Crippen molar-refractivity contribution < 1.29 is 23.8 Å². The maximum Gasteiger partial charge on any atom is 0.261 e. The van der Waals surface area contributed by atoms with Gasteiger partial charge in [-0.1, -0.05) is 18.2 Å². The fourth-order valence-corrected chi connectivity index (χ4v) is 5.37. The number of carbonyl (C=O) groups is 2. The van der Waals surface area contributed by atoms with Crippen molar-refractivity contribution in [3.05, 3.63) is 53.4 Å². The Morgan fingerprint density at radius 3 is 2.74 bits per heavy atom. The average Bonchev–Trinajstić information content (AvgIpc) is 3.43. The number of aliphatic hydroxyl groups excluding tert-OH is 1. The van der Waals surface area contributed by atoms with Gasteiger partial charge in [0.05, 0.1) is 23.2 Å². The molecule has 0 saturated carbocycles. The largest absolute Gasteiger partial charge is 0.494 e. The number of amides is 2. The van der Waals surface area contributed by atoms with Gasteiger partial charge in [0.2, 0.25) is 18.1 Å². The lowest BCUT2D eigenvalue weighted by Gasteiger charge is -2.47. The van der Waals surface area contributed by atoms with Crippen LogP contribution in [0.15, 0.2) is 41.1 Å². The first-order valence-corrected chi connectivity index (χ1v) is 11.8. The molecule has 9 nitrogen and oxygen atoms in total. The van der Waals surface area contributed by atoms with Crippen LogP contribution in [0, 0.1) is 6.92 Å². The zero-order chi connectivity index (χ0) is 24.6. The van der Waals surface area contributed by atoms with E-state index >= 15 is 0 Å². The van der Waals surface area contributed by atoms with Crippen LogP contribution in [0.25, 0.3) is 10.8 Å². The van der Waals surface area contributed by atoms with E-state index < -0.39 is 23.7 Å². The molecule has 0 fully saturated rings. The second-order valence-electron chi connectivity index (χ2n) is 8.50. The van der Waals surface area contributed by atoms with Crippen molar-refractivity contribution in [2.45, 2.75) is 46.0 Å². The van der Waals surface area contributed by atoms with Gasteiger partial charge in [-0.2, -0.15) is 0 Å². The fraction of sp³-hybridized carbons (Fsp3) is 0.375. The Morgan fingerprint density at radius 1 is 1.35 bits per heavy atom. The maximum absolute atomic E-state index is 13.6. The molecule has 0 radical (unpaired) electrons. The molecule has 10 heteroatoms. The first-order valence-electron chi connectivity index (χ1n) is 11.0. The number of oxazole rings is 1. The van der Waals surface area contributed by atoms with Crippen molar-refractivity contribution in [1.82, 2.24) is 9.88 Å². The van der Waals surface area contributed by atoms with E-state index in [9.17, 15) is 14.7 Å². The molecule has 2 amide bonds. The van der Waals surface area contributed by atoms with Crippen molar-refractivity contribution in [2.75, 3.05) is 18.1 Å². The molecule has 1 aliphatic heterocycles. The molecule has 1 aliphatic rings. The van der Waals surface area contributed by atoms with Crippen molar-refractivity contribution in [3.63, 3.8) is 0 Å². The van der Waals surface area contributed by atoms with Crippen LogP contribution >= 0.6 is 11.3 Å². The van der Waals surface area contributed by atoms with Gasteiger partial charge in [0.25, 0.3) is 5.91 Å². The highest BCUT2D eigenvalue weighted by molar-refractivity contribution is 7.20. The summed E-state index contributed by atoms with van der Waals surface area (Å²) in [6.45, 7) is 7.68. The van der Waals surface area contributed by atoms with E-state index in [1.54, 1.807) is 4.90 Å². The highest BCUT2D eigenvalue weighted by Gasteiger charge is 2.48. The Labute approximate surface area is 201 Å². The molecule has 0 spiro atoms. The third kappa shape index (κ3) is 3.92. The average molecular weight is 485 g/mol. The minimum atomic E-state index is -1.42. The van der Waals surface area contributed by atoms with Crippen LogP contribution in [0.5, 0.6) is 5.75 Å². The first kappa shape index (κ1) is 23.8. The third-order valence-corrected chi connectivity index (χ3v) is 7.37. The molecule has 1 atom stereocenters. The van der Waals surface area contributed by atoms with Crippen molar-refractivity contribution in [3.8, 4) is 16.5 Å². The molecule has 0 aliphatic carbocycles. The second kappa shape index (κ2) is 9.11. The number of rotatable bonds is 8. The Bertz CT molecular complexity index is 1200. The van der Waals surface area contributed by atoms with Crippen LogP contribution in [0.2, 0.25) is 0 Å². The number of primary amides is 1. The highest BCUT2D eigenvalue weighted by Crippen LogP contribution is 2.46. The van der Waals surface area contributed by atoms with Gasteiger partial charge in [-0.05, 0) is 51.3 Å². The van der Waals surface area contributed by atoms with Gasteiger partial charge in [-0.25, -0.2) is 4.98 Å². The SMILES string of the molecule is CCOc1ccccc1CCN1c2sc(-c3ncco3)c(C)c2C(=O)N(C(C)(C)C(N)=O)C1O. The standard InChI is InChI=1S/C24H28N4O5S/c1-5-32-16-9-7-6-8-15(16)10-12-27-21-17(14(2)18(34-21)19-26-11-13-33-19)20(29)28(23(27)31)24(3,4)22(25)30/h6-9,11,13,23,31H,5,10,12H2,1-4H3,(H2,25,30). The minimum Gasteiger partial charge on any atom is -0.494 e. The van der Waals surface area contributed by atoms with Crippen molar-refractivity contribution in [2.24, 2.45) is 5.73 Å². The Hall–Kier alpha value is -3.37. The van der Waals surface area contributed by atoms with Gasteiger partial charge in [0.1, 0.15) is 22.6 Å². The van der Waals surface area contributed by atoms with Gasteiger partial charge in [0.15, 0.2) is 0 Å². The highest BCUT2D eigenvalue weighted by atomic mass is 32.1. The van der Waals surface area contributed by atoms with Gasteiger partial charge >= 0.3 is 0 Å². The molecule has 2 aromatic heterocycles. The summed E-state index contributed by atoms with van der Waals surface area (Å²) < 4.78 is 11.2. The molecular weight excluding hydrogens is 456 g/mol. The van der Waals surface area contributed by atoms with Crippen LogP contribution in [-0.4, -0.2) is 51.8 Å². The van der Waals surface area contributed by atoms with Crippen LogP contribution in [-0.2, 0) is 11.2 Å². The van der Waals surface area contributed by atoms with Crippen LogP contribution in [0.1, 0.15) is 42.3 Å². The summed E-state index contributed by atoms with van der Waals surface area (Å²) in [7, 11) is 0. The normalized spacial score (nSPS) is 16.0. The molecular formula is C24H28N4O5S. The minimum absolute atomic E-state index is 0.363. The summed E-state index contributed by atoms with van der Waals surface area (Å²) >= 11 is 1.32. The number of hydrogen-bond acceptors (Lipinski definition) is 8. The van der Waals surface area contributed by atoms with Gasteiger partial charge < -0.3 is 24.9 Å². The predicted octanol–water partition coefficient (Wildman–Crippen LogP) is 3.15. The van der Waals surface area contributed by atoms with E-state index in [0.717, 1.165) is 16.2 Å².